The normalized spacial score (nSPS) is 18.2. The largest absolute Gasteiger partial charge is 0.481 e. The van der Waals surface area contributed by atoms with Crippen molar-refractivity contribution in [3.05, 3.63) is 76.6 Å². The SMILES string of the molecule is CN=CC(=CN)c1ccc2c(c1)C(Nc1ccccc1CC(=O)O)CCN1NNC(C)=C21. The number of fused-ring (bicyclic) bond motifs is 3. The van der Waals surface area contributed by atoms with Crippen LogP contribution >= 0.6 is 0 Å². The van der Waals surface area contributed by atoms with Crippen molar-refractivity contribution in [3.8, 4) is 0 Å². The number of hydrazine groups is 2. The number of aliphatic carboxylic acids is 1. The zero-order valence-corrected chi connectivity index (χ0v) is 18.2. The minimum Gasteiger partial charge on any atom is -0.481 e. The smallest absolute Gasteiger partial charge is 0.307 e. The van der Waals surface area contributed by atoms with Gasteiger partial charge in [-0.3, -0.25) is 14.8 Å². The van der Waals surface area contributed by atoms with Crippen molar-refractivity contribution in [3.63, 3.8) is 0 Å². The second kappa shape index (κ2) is 9.15. The number of carboxylic acid groups (broad SMARTS) is 1. The lowest BCUT2D eigenvalue weighted by Crippen LogP contribution is -2.38. The minimum atomic E-state index is -0.851. The lowest BCUT2D eigenvalue weighted by Gasteiger charge is -2.23. The van der Waals surface area contributed by atoms with Gasteiger partial charge in [0.2, 0.25) is 0 Å². The second-order valence-electron chi connectivity index (χ2n) is 7.89. The summed E-state index contributed by atoms with van der Waals surface area (Å²) in [5, 5.41) is 15.1. The molecule has 2 aliphatic rings. The van der Waals surface area contributed by atoms with Crippen LogP contribution in [0, 0.1) is 0 Å². The second-order valence-corrected chi connectivity index (χ2v) is 7.89. The summed E-state index contributed by atoms with van der Waals surface area (Å²) in [5.74, 6) is -0.851. The first kappa shape index (κ1) is 21.5. The van der Waals surface area contributed by atoms with E-state index in [0.717, 1.165) is 57.9 Å². The maximum absolute atomic E-state index is 11.4. The Bertz CT molecular complexity index is 1120. The molecule has 2 heterocycles. The Labute approximate surface area is 187 Å². The molecule has 2 aromatic rings. The van der Waals surface area contributed by atoms with Crippen LogP contribution in [0.5, 0.6) is 0 Å². The predicted molar refractivity (Wildman–Crippen MR) is 127 cm³/mol. The summed E-state index contributed by atoms with van der Waals surface area (Å²) in [5.41, 5.74) is 20.1. The molecule has 0 amide bonds. The number of para-hydroxylation sites is 1. The van der Waals surface area contributed by atoms with Crippen LogP contribution in [0.3, 0.4) is 0 Å². The number of rotatable bonds is 6. The van der Waals surface area contributed by atoms with Crippen molar-refractivity contribution in [1.29, 1.82) is 0 Å². The van der Waals surface area contributed by atoms with E-state index in [9.17, 15) is 9.90 Å². The number of nitrogens with zero attached hydrogens (tertiary/aromatic N) is 2. The van der Waals surface area contributed by atoms with Gasteiger partial charge in [-0.2, -0.15) is 0 Å². The number of hydrogen-bond acceptors (Lipinski definition) is 7. The van der Waals surface area contributed by atoms with Gasteiger partial charge in [-0.15, -0.1) is 5.53 Å². The number of benzene rings is 2. The molecule has 1 atom stereocenters. The molecule has 4 rings (SSSR count). The van der Waals surface area contributed by atoms with Crippen LogP contribution in [0.2, 0.25) is 0 Å². The number of allylic oxidation sites excluding steroid dienone is 2. The number of nitrogens with two attached hydrogens (primary N) is 1. The first-order valence-corrected chi connectivity index (χ1v) is 10.6. The zero-order chi connectivity index (χ0) is 22.7. The number of carboxylic acids is 1. The fourth-order valence-electron chi connectivity index (χ4n) is 4.31. The molecule has 1 unspecified atom stereocenters. The van der Waals surface area contributed by atoms with E-state index in [0.29, 0.717) is 0 Å². The number of nitrogens with one attached hydrogen (secondary N) is 3. The molecular formula is C24H28N6O2. The highest BCUT2D eigenvalue weighted by atomic mass is 16.4. The van der Waals surface area contributed by atoms with Crippen molar-refractivity contribution in [1.82, 2.24) is 16.0 Å². The first-order chi connectivity index (χ1) is 15.5. The molecule has 2 aliphatic heterocycles. The summed E-state index contributed by atoms with van der Waals surface area (Å²) in [6.07, 6.45) is 4.09. The fraction of sp³-hybridized carbons (Fsp3) is 0.250. The Hall–Kier alpha value is -3.78. The van der Waals surface area contributed by atoms with E-state index in [1.54, 1.807) is 19.5 Å². The minimum absolute atomic E-state index is 0.0230. The van der Waals surface area contributed by atoms with E-state index < -0.39 is 5.97 Å². The number of anilines is 1. The maximum Gasteiger partial charge on any atom is 0.307 e. The van der Waals surface area contributed by atoms with Gasteiger partial charge in [0.15, 0.2) is 0 Å². The molecule has 0 aliphatic carbocycles. The molecule has 0 aromatic heterocycles. The van der Waals surface area contributed by atoms with Crippen LogP contribution in [-0.4, -0.2) is 35.9 Å². The molecule has 0 bridgehead atoms. The van der Waals surface area contributed by atoms with Gasteiger partial charge in [0.05, 0.1) is 23.9 Å². The quantitative estimate of drug-likeness (QED) is 0.446. The van der Waals surface area contributed by atoms with Gasteiger partial charge in [-0.05, 0) is 42.2 Å². The van der Waals surface area contributed by atoms with Crippen LogP contribution in [0.4, 0.5) is 5.69 Å². The average Bonchev–Trinajstić information content (AvgIpc) is 3.07. The van der Waals surface area contributed by atoms with Crippen molar-refractivity contribution < 1.29 is 9.90 Å². The Morgan fingerprint density at radius 2 is 2.16 bits per heavy atom. The summed E-state index contributed by atoms with van der Waals surface area (Å²) in [7, 11) is 1.72. The number of aliphatic imine (C=N–C) groups is 1. The molecule has 166 valence electrons. The monoisotopic (exact) mass is 432 g/mol. The molecular weight excluding hydrogens is 404 g/mol. The fourth-order valence-corrected chi connectivity index (χ4v) is 4.31. The van der Waals surface area contributed by atoms with Gasteiger partial charge in [-0.1, -0.05) is 30.3 Å². The molecule has 2 aromatic carbocycles. The van der Waals surface area contributed by atoms with E-state index in [4.69, 9.17) is 5.73 Å². The van der Waals surface area contributed by atoms with E-state index >= 15 is 0 Å². The standard InChI is InChI=1S/C24H28N6O2/c1-15-24-19-8-7-16(18(13-25)14-26-2)11-20(19)22(9-10-30(24)29-28-15)27-21-6-4-3-5-17(21)12-23(31)32/h3-8,11,13-14,22,27-29H,9-10,12,25H2,1-2H3,(H,31,32). The Morgan fingerprint density at radius 1 is 1.34 bits per heavy atom. The van der Waals surface area contributed by atoms with E-state index in [-0.39, 0.29) is 12.5 Å². The Balaban J connectivity index is 1.81. The molecule has 0 saturated carbocycles. The van der Waals surface area contributed by atoms with Crippen LogP contribution in [0.15, 0.2) is 59.4 Å². The lowest BCUT2D eigenvalue weighted by molar-refractivity contribution is -0.136. The van der Waals surface area contributed by atoms with Crippen LogP contribution in [0.1, 0.15) is 41.6 Å². The average molecular weight is 433 g/mol. The van der Waals surface area contributed by atoms with Crippen LogP contribution in [-0.2, 0) is 11.2 Å². The highest BCUT2D eigenvalue weighted by Crippen LogP contribution is 2.38. The molecule has 32 heavy (non-hydrogen) atoms. The van der Waals surface area contributed by atoms with Crippen molar-refractivity contribution in [2.45, 2.75) is 25.8 Å². The predicted octanol–water partition coefficient (Wildman–Crippen LogP) is 2.88. The number of carbonyl (C=O) groups is 1. The Morgan fingerprint density at radius 3 is 2.91 bits per heavy atom. The molecule has 0 radical (unpaired) electrons. The van der Waals surface area contributed by atoms with Gasteiger partial charge in [0.25, 0.3) is 0 Å². The summed E-state index contributed by atoms with van der Waals surface area (Å²) in [6.45, 7) is 2.82. The van der Waals surface area contributed by atoms with Gasteiger partial charge in [0.1, 0.15) is 0 Å². The van der Waals surface area contributed by atoms with E-state index in [2.05, 4.69) is 44.5 Å². The molecule has 8 nitrogen and oxygen atoms in total. The highest BCUT2D eigenvalue weighted by molar-refractivity contribution is 6.09. The molecule has 6 N–H and O–H groups in total. The maximum atomic E-state index is 11.4. The third-order valence-corrected chi connectivity index (χ3v) is 5.80. The van der Waals surface area contributed by atoms with Gasteiger partial charge in [-0.25, -0.2) is 0 Å². The topological polar surface area (TPSA) is 115 Å². The molecule has 8 heteroatoms. The summed E-state index contributed by atoms with van der Waals surface area (Å²) >= 11 is 0. The molecule has 0 spiro atoms. The third-order valence-electron chi connectivity index (χ3n) is 5.80. The highest BCUT2D eigenvalue weighted by Gasteiger charge is 2.30. The molecule has 0 fully saturated rings. The van der Waals surface area contributed by atoms with E-state index in [1.807, 2.05) is 31.2 Å². The molecule has 0 saturated heterocycles. The summed E-state index contributed by atoms with van der Waals surface area (Å²) in [4.78, 5) is 15.5. The van der Waals surface area contributed by atoms with Crippen LogP contribution < -0.4 is 22.0 Å². The first-order valence-electron chi connectivity index (χ1n) is 10.6. The summed E-state index contributed by atoms with van der Waals surface area (Å²) in [6, 6.07) is 13.9. The van der Waals surface area contributed by atoms with Crippen molar-refractivity contribution >= 4 is 29.1 Å². The third kappa shape index (κ3) is 4.17. The summed E-state index contributed by atoms with van der Waals surface area (Å²) < 4.78 is 0. The number of hydrogen-bond donors (Lipinski definition) is 5. The Kier molecular flexibility index (Phi) is 6.13. The van der Waals surface area contributed by atoms with Crippen molar-refractivity contribution in [2.75, 3.05) is 18.9 Å². The van der Waals surface area contributed by atoms with Gasteiger partial charge >= 0.3 is 5.97 Å². The zero-order valence-electron chi connectivity index (χ0n) is 18.2. The van der Waals surface area contributed by atoms with Crippen molar-refractivity contribution in [2.24, 2.45) is 10.7 Å². The van der Waals surface area contributed by atoms with Crippen LogP contribution in [0.25, 0.3) is 11.3 Å². The van der Waals surface area contributed by atoms with E-state index in [1.165, 1.54) is 0 Å². The van der Waals surface area contributed by atoms with Gasteiger partial charge in [0, 0.05) is 42.8 Å². The lowest BCUT2D eigenvalue weighted by atomic mass is 9.92. The van der Waals surface area contributed by atoms with Gasteiger partial charge < -0.3 is 21.6 Å².